The van der Waals surface area contributed by atoms with Crippen molar-refractivity contribution in [3.05, 3.63) is 24.2 Å². The number of carbonyl (C=O) groups excluding carboxylic acids is 2. The molecule has 23 heavy (non-hydrogen) atoms. The first kappa shape index (κ1) is 17.5. The standard InChI is InChI=1S/C17H26N2O4/c1-13(2)22-11-5-8-18-16(20)14-6-3-9-19(12-14)17(21)15-7-4-10-23-15/h4,7,10,13-14H,3,5-6,8-9,11-12H2,1-2H3,(H,18,20). The van der Waals surface area contributed by atoms with Gasteiger partial charge < -0.3 is 19.4 Å². The second-order valence-electron chi connectivity index (χ2n) is 6.13. The monoisotopic (exact) mass is 322 g/mol. The van der Waals surface area contributed by atoms with Gasteiger partial charge in [0.05, 0.1) is 18.3 Å². The number of piperidine rings is 1. The SMILES string of the molecule is CC(C)OCCCNC(=O)C1CCCN(C(=O)c2ccco2)C1. The second-order valence-corrected chi connectivity index (χ2v) is 6.13. The minimum atomic E-state index is -0.145. The van der Waals surface area contributed by atoms with Gasteiger partial charge in [0.1, 0.15) is 0 Å². The highest BCUT2D eigenvalue weighted by Gasteiger charge is 2.29. The number of furan rings is 1. The van der Waals surface area contributed by atoms with Crippen LogP contribution >= 0.6 is 0 Å². The number of hydrogen-bond donors (Lipinski definition) is 1. The molecule has 6 heteroatoms. The van der Waals surface area contributed by atoms with E-state index in [0.29, 0.717) is 32.0 Å². The summed E-state index contributed by atoms with van der Waals surface area (Å²) >= 11 is 0. The van der Waals surface area contributed by atoms with Gasteiger partial charge in [0.15, 0.2) is 5.76 Å². The van der Waals surface area contributed by atoms with E-state index in [4.69, 9.17) is 9.15 Å². The number of rotatable bonds is 7. The Balaban J connectivity index is 1.74. The molecule has 0 bridgehead atoms. The molecule has 1 saturated heterocycles. The smallest absolute Gasteiger partial charge is 0.289 e. The zero-order valence-corrected chi connectivity index (χ0v) is 13.9. The number of amides is 2. The van der Waals surface area contributed by atoms with Crippen LogP contribution in [0.2, 0.25) is 0 Å². The second kappa shape index (κ2) is 8.72. The quantitative estimate of drug-likeness (QED) is 0.780. The van der Waals surface area contributed by atoms with Crippen LogP contribution < -0.4 is 5.32 Å². The van der Waals surface area contributed by atoms with E-state index in [9.17, 15) is 9.59 Å². The van der Waals surface area contributed by atoms with Gasteiger partial charge in [-0.15, -0.1) is 0 Å². The van der Waals surface area contributed by atoms with Gasteiger partial charge in [-0.05, 0) is 45.2 Å². The normalized spacial score (nSPS) is 18.2. The molecule has 0 radical (unpaired) electrons. The summed E-state index contributed by atoms with van der Waals surface area (Å²) in [6.45, 7) is 6.36. The van der Waals surface area contributed by atoms with Crippen LogP contribution in [-0.4, -0.2) is 49.1 Å². The number of ether oxygens (including phenoxy) is 1. The number of nitrogens with one attached hydrogen (secondary N) is 1. The van der Waals surface area contributed by atoms with Gasteiger partial charge in [-0.2, -0.15) is 0 Å². The molecule has 2 amide bonds. The third-order valence-corrected chi connectivity index (χ3v) is 3.88. The number of carbonyl (C=O) groups is 2. The largest absolute Gasteiger partial charge is 0.459 e. The maximum absolute atomic E-state index is 12.3. The number of hydrogen-bond acceptors (Lipinski definition) is 4. The summed E-state index contributed by atoms with van der Waals surface area (Å²) in [6.07, 6.45) is 4.15. The molecule has 2 rings (SSSR count). The van der Waals surface area contributed by atoms with Gasteiger partial charge >= 0.3 is 0 Å². The van der Waals surface area contributed by atoms with Crippen molar-refractivity contribution in [3.63, 3.8) is 0 Å². The van der Waals surface area contributed by atoms with Gasteiger partial charge in [-0.3, -0.25) is 9.59 Å². The van der Waals surface area contributed by atoms with Crippen LogP contribution in [0.3, 0.4) is 0 Å². The van der Waals surface area contributed by atoms with Crippen LogP contribution in [-0.2, 0) is 9.53 Å². The van der Waals surface area contributed by atoms with Gasteiger partial charge in [0, 0.05) is 26.2 Å². The molecular weight excluding hydrogens is 296 g/mol. The molecule has 2 heterocycles. The molecule has 0 aromatic carbocycles. The van der Waals surface area contributed by atoms with Crippen LogP contribution in [0.1, 0.15) is 43.7 Å². The van der Waals surface area contributed by atoms with Crippen LogP contribution in [0, 0.1) is 5.92 Å². The van der Waals surface area contributed by atoms with Crippen LogP contribution in [0.4, 0.5) is 0 Å². The van der Waals surface area contributed by atoms with Gasteiger partial charge in [-0.25, -0.2) is 0 Å². The summed E-state index contributed by atoms with van der Waals surface area (Å²) in [5, 5.41) is 2.94. The lowest BCUT2D eigenvalue weighted by Crippen LogP contribution is -2.45. The average Bonchev–Trinajstić information content (AvgIpc) is 3.08. The number of likely N-dealkylation sites (tertiary alicyclic amines) is 1. The first-order chi connectivity index (χ1) is 11.1. The predicted molar refractivity (Wildman–Crippen MR) is 86.1 cm³/mol. The topological polar surface area (TPSA) is 71.8 Å². The Morgan fingerprint density at radius 1 is 1.48 bits per heavy atom. The van der Waals surface area contributed by atoms with Crippen molar-refractivity contribution in [2.24, 2.45) is 5.92 Å². The molecule has 1 aromatic rings. The van der Waals surface area contributed by atoms with E-state index in [1.165, 1.54) is 6.26 Å². The molecule has 0 saturated carbocycles. The van der Waals surface area contributed by atoms with Crippen LogP contribution in [0.25, 0.3) is 0 Å². The van der Waals surface area contributed by atoms with Crippen molar-refractivity contribution in [3.8, 4) is 0 Å². The molecule has 1 aliphatic rings. The Morgan fingerprint density at radius 3 is 3.00 bits per heavy atom. The third kappa shape index (κ3) is 5.39. The van der Waals surface area contributed by atoms with Crippen molar-refractivity contribution in [2.45, 2.75) is 39.2 Å². The zero-order chi connectivity index (χ0) is 16.7. The summed E-state index contributed by atoms with van der Waals surface area (Å²) in [5.74, 6) is 0.0647. The van der Waals surface area contributed by atoms with E-state index < -0.39 is 0 Å². The van der Waals surface area contributed by atoms with E-state index in [1.807, 2.05) is 13.8 Å². The molecule has 6 nitrogen and oxygen atoms in total. The Bertz CT molecular complexity index is 499. The Kier molecular flexibility index (Phi) is 6.65. The number of nitrogens with zero attached hydrogens (tertiary/aromatic N) is 1. The van der Waals surface area contributed by atoms with Gasteiger partial charge in [-0.1, -0.05) is 0 Å². The van der Waals surface area contributed by atoms with E-state index in [2.05, 4.69) is 5.32 Å². The molecule has 1 unspecified atom stereocenters. The van der Waals surface area contributed by atoms with Crippen LogP contribution in [0.5, 0.6) is 0 Å². The zero-order valence-electron chi connectivity index (χ0n) is 13.9. The third-order valence-electron chi connectivity index (χ3n) is 3.88. The van der Waals surface area contributed by atoms with Crippen molar-refractivity contribution in [2.75, 3.05) is 26.2 Å². The van der Waals surface area contributed by atoms with E-state index in [1.54, 1.807) is 17.0 Å². The van der Waals surface area contributed by atoms with Gasteiger partial charge in [0.25, 0.3) is 5.91 Å². The lowest BCUT2D eigenvalue weighted by molar-refractivity contribution is -0.126. The highest BCUT2D eigenvalue weighted by Crippen LogP contribution is 2.19. The Labute approximate surface area is 137 Å². The fourth-order valence-corrected chi connectivity index (χ4v) is 2.68. The van der Waals surface area contributed by atoms with E-state index in [0.717, 1.165) is 19.3 Å². The lowest BCUT2D eigenvalue weighted by atomic mass is 9.97. The van der Waals surface area contributed by atoms with Gasteiger partial charge in [0.2, 0.25) is 5.91 Å². The summed E-state index contributed by atoms with van der Waals surface area (Å²) in [4.78, 5) is 26.2. The van der Waals surface area contributed by atoms with Crippen molar-refractivity contribution in [1.29, 1.82) is 0 Å². The van der Waals surface area contributed by atoms with Crippen molar-refractivity contribution < 1.29 is 18.7 Å². The summed E-state index contributed by atoms with van der Waals surface area (Å²) in [7, 11) is 0. The molecule has 1 aromatic heterocycles. The molecular formula is C17H26N2O4. The molecule has 0 spiro atoms. The lowest BCUT2D eigenvalue weighted by Gasteiger charge is -2.31. The van der Waals surface area contributed by atoms with Crippen LogP contribution in [0.15, 0.2) is 22.8 Å². The van der Waals surface area contributed by atoms with E-state index in [-0.39, 0.29) is 23.8 Å². The maximum atomic E-state index is 12.3. The highest BCUT2D eigenvalue weighted by atomic mass is 16.5. The minimum absolute atomic E-state index is 0.0199. The predicted octanol–water partition coefficient (Wildman–Crippen LogP) is 2.06. The Hall–Kier alpha value is -1.82. The summed E-state index contributed by atoms with van der Waals surface area (Å²) < 4.78 is 10.6. The molecule has 1 atom stereocenters. The minimum Gasteiger partial charge on any atom is -0.459 e. The highest BCUT2D eigenvalue weighted by molar-refractivity contribution is 5.92. The fraction of sp³-hybridized carbons (Fsp3) is 0.647. The molecule has 128 valence electrons. The Morgan fingerprint density at radius 2 is 2.30 bits per heavy atom. The molecule has 1 fully saturated rings. The fourth-order valence-electron chi connectivity index (χ4n) is 2.68. The van der Waals surface area contributed by atoms with Crippen molar-refractivity contribution >= 4 is 11.8 Å². The first-order valence-electron chi connectivity index (χ1n) is 8.30. The molecule has 1 N–H and O–H groups in total. The van der Waals surface area contributed by atoms with Crippen molar-refractivity contribution in [1.82, 2.24) is 10.2 Å². The van der Waals surface area contributed by atoms with E-state index >= 15 is 0 Å². The molecule has 0 aliphatic carbocycles. The first-order valence-corrected chi connectivity index (χ1v) is 8.30. The summed E-state index contributed by atoms with van der Waals surface area (Å²) in [5.41, 5.74) is 0. The maximum Gasteiger partial charge on any atom is 0.289 e. The molecule has 1 aliphatic heterocycles. The summed E-state index contributed by atoms with van der Waals surface area (Å²) in [6, 6.07) is 3.35. The average molecular weight is 322 g/mol.